The molecule has 0 unspecified atom stereocenters. The van der Waals surface area contributed by atoms with E-state index in [0.29, 0.717) is 16.5 Å². The molecule has 8 heteroatoms. The van der Waals surface area contributed by atoms with Gasteiger partial charge in [-0.1, -0.05) is 30.0 Å². The average Bonchev–Trinajstić information content (AvgIpc) is 3.04. The summed E-state index contributed by atoms with van der Waals surface area (Å²) in [5, 5.41) is 20.7. The maximum Gasteiger partial charge on any atom is 0.336 e. The van der Waals surface area contributed by atoms with Crippen LogP contribution in [0, 0.1) is 0 Å². The first-order valence-corrected chi connectivity index (χ1v) is 10.1. The number of aryl methyl sites for hydroxylation is 1. The van der Waals surface area contributed by atoms with Gasteiger partial charge in [0.2, 0.25) is 5.16 Å². The van der Waals surface area contributed by atoms with Crippen LogP contribution in [-0.2, 0) is 12.3 Å². The number of aromatic hydroxyl groups is 1. The van der Waals surface area contributed by atoms with E-state index in [2.05, 4.69) is 27.8 Å². The maximum atomic E-state index is 11.9. The summed E-state index contributed by atoms with van der Waals surface area (Å²) >= 11 is 1.40. The highest BCUT2D eigenvalue weighted by Crippen LogP contribution is 2.29. The minimum atomic E-state index is -0.459. The van der Waals surface area contributed by atoms with Crippen LogP contribution >= 0.6 is 11.8 Å². The van der Waals surface area contributed by atoms with Gasteiger partial charge in [0.1, 0.15) is 16.8 Å². The first-order valence-electron chi connectivity index (χ1n) is 9.14. The van der Waals surface area contributed by atoms with E-state index in [1.165, 1.54) is 23.9 Å². The van der Waals surface area contributed by atoms with Crippen LogP contribution in [0.4, 0.5) is 0 Å². The lowest BCUT2D eigenvalue weighted by Crippen LogP contribution is -2.01. The van der Waals surface area contributed by atoms with Crippen molar-refractivity contribution in [1.29, 1.82) is 0 Å². The molecule has 0 spiro atoms. The van der Waals surface area contributed by atoms with Crippen molar-refractivity contribution < 1.29 is 9.52 Å². The van der Waals surface area contributed by atoms with Crippen molar-refractivity contribution in [2.75, 3.05) is 0 Å². The van der Waals surface area contributed by atoms with Crippen LogP contribution in [0.5, 0.6) is 5.75 Å². The molecule has 0 fully saturated rings. The number of rotatable bonds is 4. The van der Waals surface area contributed by atoms with E-state index in [9.17, 15) is 9.90 Å². The Morgan fingerprint density at radius 3 is 2.83 bits per heavy atom. The van der Waals surface area contributed by atoms with Crippen LogP contribution in [-0.4, -0.2) is 24.9 Å². The third-order valence-corrected chi connectivity index (χ3v) is 5.73. The molecule has 3 aromatic heterocycles. The van der Waals surface area contributed by atoms with Gasteiger partial charge in [-0.15, -0.1) is 10.2 Å². The molecule has 0 aliphatic rings. The first-order chi connectivity index (χ1) is 14.1. The monoisotopic (exact) mass is 404 g/mol. The summed E-state index contributed by atoms with van der Waals surface area (Å²) in [7, 11) is 0. The lowest BCUT2D eigenvalue weighted by molar-refractivity contribution is 0.473. The second kappa shape index (κ2) is 6.89. The fourth-order valence-electron chi connectivity index (χ4n) is 3.55. The minimum absolute atomic E-state index is 0.0517. The Labute approximate surface area is 169 Å². The van der Waals surface area contributed by atoms with E-state index in [1.807, 2.05) is 18.2 Å². The zero-order valence-corrected chi connectivity index (χ0v) is 16.3. The predicted octanol–water partition coefficient (Wildman–Crippen LogP) is 4.10. The van der Waals surface area contributed by atoms with Gasteiger partial charge in [0.15, 0.2) is 5.65 Å². The molecule has 0 saturated heterocycles. The van der Waals surface area contributed by atoms with Gasteiger partial charge >= 0.3 is 5.63 Å². The van der Waals surface area contributed by atoms with Crippen LogP contribution in [0.15, 0.2) is 62.9 Å². The fraction of sp³-hybridized carbons (Fsp3) is 0.143. The number of aromatic nitrogens is 4. The molecule has 7 nitrogen and oxygen atoms in total. The van der Waals surface area contributed by atoms with Crippen LogP contribution < -0.4 is 5.63 Å². The molecule has 0 bridgehead atoms. The van der Waals surface area contributed by atoms with Crippen molar-refractivity contribution in [2.45, 2.75) is 24.4 Å². The van der Waals surface area contributed by atoms with E-state index in [1.54, 1.807) is 12.1 Å². The summed E-state index contributed by atoms with van der Waals surface area (Å²) in [5.74, 6) is 0.530. The van der Waals surface area contributed by atoms with E-state index < -0.39 is 5.63 Å². The Morgan fingerprint density at radius 2 is 1.97 bits per heavy atom. The van der Waals surface area contributed by atoms with Gasteiger partial charge in [0.25, 0.3) is 0 Å². The smallest absolute Gasteiger partial charge is 0.336 e. The van der Waals surface area contributed by atoms with Crippen LogP contribution in [0.1, 0.15) is 12.5 Å². The molecule has 2 aromatic carbocycles. The lowest BCUT2D eigenvalue weighted by atomic mass is 10.1. The topological polar surface area (TPSA) is 94.0 Å². The highest BCUT2D eigenvalue weighted by molar-refractivity contribution is 7.98. The number of benzene rings is 2. The van der Waals surface area contributed by atoms with Crippen LogP contribution in [0.25, 0.3) is 33.0 Å². The molecule has 29 heavy (non-hydrogen) atoms. The van der Waals surface area contributed by atoms with E-state index in [0.717, 1.165) is 39.6 Å². The van der Waals surface area contributed by atoms with Gasteiger partial charge in [-0.05, 0) is 30.7 Å². The lowest BCUT2D eigenvalue weighted by Gasteiger charge is -2.05. The molecular formula is C21H16N4O3S. The van der Waals surface area contributed by atoms with Gasteiger partial charge < -0.3 is 14.1 Å². The third-order valence-electron chi connectivity index (χ3n) is 4.84. The number of phenolic OH excluding ortho intramolecular Hbond substituents is 1. The van der Waals surface area contributed by atoms with Crippen molar-refractivity contribution in [1.82, 2.24) is 19.7 Å². The Balaban J connectivity index is 1.54. The zero-order chi connectivity index (χ0) is 20.0. The Bertz CT molecular complexity index is 1440. The minimum Gasteiger partial charge on any atom is -0.508 e. The molecule has 3 heterocycles. The summed E-state index contributed by atoms with van der Waals surface area (Å²) < 4.78 is 7.31. The molecule has 1 N–H and O–H groups in total. The van der Waals surface area contributed by atoms with Gasteiger partial charge in [-0.25, -0.2) is 9.78 Å². The standard InChI is InChI=1S/C21H16N4O3S/c1-2-25-16-6-4-3-5-15(16)19-20(25)22-21(24-23-19)29-11-12-9-18(27)28-17-10-13(26)7-8-14(12)17/h3-10,26H,2,11H2,1H3. The molecule has 5 rings (SSSR count). The predicted molar refractivity (Wildman–Crippen MR) is 112 cm³/mol. The van der Waals surface area contributed by atoms with Crippen molar-refractivity contribution in [3.05, 3.63) is 64.5 Å². The SMILES string of the molecule is CCn1c2ccccc2c2nnc(SCc3cc(=O)oc4cc(O)ccc34)nc21. The molecule has 0 saturated carbocycles. The van der Waals surface area contributed by atoms with Crippen molar-refractivity contribution in [3.63, 3.8) is 0 Å². The Kier molecular flexibility index (Phi) is 4.21. The molecule has 144 valence electrons. The highest BCUT2D eigenvalue weighted by atomic mass is 32.2. The van der Waals surface area contributed by atoms with Gasteiger partial charge in [-0.3, -0.25) is 0 Å². The first kappa shape index (κ1) is 17.7. The number of thioether (sulfide) groups is 1. The fourth-order valence-corrected chi connectivity index (χ4v) is 4.32. The molecule has 0 amide bonds. The van der Waals surface area contributed by atoms with Crippen molar-refractivity contribution in [3.8, 4) is 5.75 Å². The number of para-hydroxylation sites is 1. The molecule has 0 radical (unpaired) electrons. The summed E-state index contributed by atoms with van der Waals surface area (Å²) in [6, 6.07) is 14.3. The Hall–Kier alpha value is -3.39. The van der Waals surface area contributed by atoms with E-state index in [-0.39, 0.29) is 5.75 Å². The number of hydrogen-bond donors (Lipinski definition) is 1. The second-order valence-electron chi connectivity index (χ2n) is 6.59. The van der Waals surface area contributed by atoms with Crippen molar-refractivity contribution >= 4 is 44.8 Å². The summed E-state index contributed by atoms with van der Waals surface area (Å²) in [6.45, 7) is 2.85. The third kappa shape index (κ3) is 3.01. The average molecular weight is 404 g/mol. The summed E-state index contributed by atoms with van der Waals surface area (Å²) in [4.78, 5) is 16.6. The van der Waals surface area contributed by atoms with E-state index in [4.69, 9.17) is 9.40 Å². The number of fused-ring (bicyclic) bond motifs is 4. The second-order valence-corrected chi connectivity index (χ2v) is 7.53. The molecular weight excluding hydrogens is 388 g/mol. The number of phenols is 1. The normalized spacial score (nSPS) is 11.6. The molecule has 0 aliphatic carbocycles. The quantitative estimate of drug-likeness (QED) is 0.356. The largest absolute Gasteiger partial charge is 0.508 e. The Morgan fingerprint density at radius 1 is 1.10 bits per heavy atom. The van der Waals surface area contributed by atoms with Gasteiger partial charge in [0, 0.05) is 35.2 Å². The molecule has 0 atom stereocenters. The molecule has 0 aliphatic heterocycles. The van der Waals surface area contributed by atoms with Gasteiger partial charge in [0.05, 0.1) is 5.52 Å². The zero-order valence-electron chi connectivity index (χ0n) is 15.5. The maximum absolute atomic E-state index is 11.9. The molecule has 5 aromatic rings. The number of nitrogens with zero attached hydrogens (tertiary/aromatic N) is 4. The highest BCUT2D eigenvalue weighted by Gasteiger charge is 2.14. The van der Waals surface area contributed by atoms with Gasteiger partial charge in [-0.2, -0.15) is 0 Å². The van der Waals surface area contributed by atoms with Crippen LogP contribution in [0.2, 0.25) is 0 Å². The van der Waals surface area contributed by atoms with Crippen molar-refractivity contribution in [2.24, 2.45) is 0 Å². The number of hydrogen-bond acceptors (Lipinski definition) is 7. The summed E-state index contributed by atoms with van der Waals surface area (Å²) in [5.41, 5.74) is 3.36. The summed E-state index contributed by atoms with van der Waals surface area (Å²) in [6.07, 6.45) is 0. The van der Waals surface area contributed by atoms with Crippen LogP contribution in [0.3, 0.4) is 0 Å². The van der Waals surface area contributed by atoms with E-state index >= 15 is 0 Å².